The second-order valence-electron chi connectivity index (χ2n) is 5.34. The molecule has 130 valence electrons. The monoisotopic (exact) mass is 400 g/mol. The van der Waals surface area contributed by atoms with E-state index in [1.807, 2.05) is 91.0 Å². The fraction of sp³-hybridized carbons (Fsp3) is 0. The van der Waals surface area contributed by atoms with Gasteiger partial charge < -0.3 is 0 Å². The predicted octanol–water partition coefficient (Wildman–Crippen LogP) is 7.54. The molecule has 0 N–H and O–H groups in total. The van der Waals surface area contributed by atoms with Crippen LogP contribution in [0.15, 0.2) is 113 Å². The van der Waals surface area contributed by atoms with Crippen molar-refractivity contribution in [2.24, 2.45) is 10.2 Å². The van der Waals surface area contributed by atoms with Crippen LogP contribution in [-0.2, 0) is 17.1 Å². The Balaban J connectivity index is 0.000000351. The van der Waals surface area contributed by atoms with Crippen LogP contribution < -0.4 is 0 Å². The smallest absolute Gasteiger partial charge is 0.214 e. The van der Waals surface area contributed by atoms with Crippen LogP contribution in [0, 0.1) is 0 Å². The van der Waals surface area contributed by atoms with E-state index in [0.29, 0.717) is 10.7 Å². The normalized spacial score (nSPS) is 10.0. The summed E-state index contributed by atoms with van der Waals surface area (Å²) >= 11 is 6.17. The molecule has 0 aliphatic carbocycles. The molecule has 0 atom stereocenters. The van der Waals surface area contributed by atoms with Crippen molar-refractivity contribution in [1.29, 1.82) is 0 Å². The third kappa shape index (κ3) is 5.82. The first-order valence-corrected chi connectivity index (χ1v) is 8.36. The van der Waals surface area contributed by atoms with E-state index < -0.39 is 0 Å². The molecule has 0 spiro atoms. The minimum atomic E-state index is 0. The van der Waals surface area contributed by atoms with Crippen LogP contribution in [0.25, 0.3) is 11.1 Å². The van der Waals surface area contributed by atoms with E-state index in [4.69, 9.17) is 11.6 Å². The Morgan fingerprint density at radius 1 is 0.731 bits per heavy atom. The molecule has 4 rings (SSSR count). The SMILES string of the molecule is Clc1ccc(-c2ccc[cH-]2)cc1N=Nc1ccccc1.[Fe+2].c1cc[cH-]c1. The zero-order valence-corrected chi connectivity index (χ0v) is 15.8. The number of hydrogen-bond acceptors (Lipinski definition) is 2. The van der Waals surface area contributed by atoms with Crippen LogP contribution in [-0.4, -0.2) is 0 Å². The molecule has 0 amide bonds. The predicted molar refractivity (Wildman–Crippen MR) is 105 cm³/mol. The van der Waals surface area contributed by atoms with Crippen molar-refractivity contribution in [2.45, 2.75) is 0 Å². The van der Waals surface area contributed by atoms with Crippen molar-refractivity contribution < 1.29 is 17.1 Å². The van der Waals surface area contributed by atoms with Crippen LogP contribution in [0.2, 0.25) is 5.02 Å². The van der Waals surface area contributed by atoms with Crippen molar-refractivity contribution in [1.82, 2.24) is 0 Å². The maximum Gasteiger partial charge on any atom is 2.00 e. The first-order chi connectivity index (χ1) is 12.3. The van der Waals surface area contributed by atoms with Gasteiger partial charge in [0.05, 0.1) is 16.4 Å². The number of hydrogen-bond donors (Lipinski definition) is 0. The topological polar surface area (TPSA) is 24.7 Å². The van der Waals surface area contributed by atoms with Gasteiger partial charge in [-0.15, -0.1) is 11.2 Å². The van der Waals surface area contributed by atoms with Gasteiger partial charge in [-0.05, 0) is 18.2 Å². The van der Waals surface area contributed by atoms with E-state index >= 15 is 0 Å². The quantitative estimate of drug-likeness (QED) is 0.193. The van der Waals surface area contributed by atoms with E-state index in [-0.39, 0.29) is 17.1 Å². The molecule has 0 unspecified atom stereocenters. The number of nitrogens with zero attached hydrogens (tertiary/aromatic N) is 2. The number of halogens is 1. The number of rotatable bonds is 3. The van der Waals surface area contributed by atoms with Crippen LogP contribution in [0.5, 0.6) is 0 Å². The summed E-state index contributed by atoms with van der Waals surface area (Å²) in [5.74, 6) is 0. The Bertz CT molecular complexity index is 882. The van der Waals surface area contributed by atoms with Gasteiger partial charge >= 0.3 is 17.1 Å². The second-order valence-corrected chi connectivity index (χ2v) is 5.74. The van der Waals surface area contributed by atoms with Gasteiger partial charge in [-0.3, -0.25) is 0 Å². The van der Waals surface area contributed by atoms with Crippen LogP contribution in [0.4, 0.5) is 11.4 Å². The van der Waals surface area contributed by atoms with Gasteiger partial charge in [0.2, 0.25) is 0 Å². The maximum absolute atomic E-state index is 6.17. The standard InChI is InChI=1S/C17H12ClN2.C5H5.Fe/c18-16-11-10-14(13-6-4-5-7-13)12-17(16)20-19-15-8-2-1-3-9-15;1-2-4-5-3-1;/h1-12H;1-5H;/q2*-1;+2. The first-order valence-electron chi connectivity index (χ1n) is 7.98. The number of azo groups is 1. The fourth-order valence-electron chi connectivity index (χ4n) is 2.26. The minimum Gasteiger partial charge on any atom is -0.214 e. The summed E-state index contributed by atoms with van der Waals surface area (Å²) in [7, 11) is 0. The van der Waals surface area contributed by atoms with Gasteiger partial charge in [-0.1, -0.05) is 47.5 Å². The van der Waals surface area contributed by atoms with Crippen molar-refractivity contribution in [2.75, 3.05) is 0 Å². The molecule has 0 saturated heterocycles. The summed E-state index contributed by atoms with van der Waals surface area (Å²) in [6, 6.07) is 33.5. The first kappa shape index (κ1) is 19.9. The zero-order chi connectivity index (χ0) is 17.3. The Kier molecular flexibility index (Phi) is 8.04. The zero-order valence-electron chi connectivity index (χ0n) is 13.9. The van der Waals surface area contributed by atoms with Crippen molar-refractivity contribution in [3.8, 4) is 11.1 Å². The molecule has 0 radical (unpaired) electrons. The summed E-state index contributed by atoms with van der Waals surface area (Å²) in [4.78, 5) is 0. The molecule has 4 aromatic carbocycles. The average molecular weight is 401 g/mol. The molecule has 0 aromatic heterocycles. The van der Waals surface area contributed by atoms with E-state index in [9.17, 15) is 0 Å². The second kappa shape index (κ2) is 10.5. The molecule has 26 heavy (non-hydrogen) atoms. The average Bonchev–Trinajstić information content (AvgIpc) is 3.38. The van der Waals surface area contributed by atoms with Crippen LogP contribution in [0.1, 0.15) is 0 Å². The molecule has 0 aliphatic heterocycles. The van der Waals surface area contributed by atoms with Gasteiger partial charge in [0.15, 0.2) is 0 Å². The largest absolute Gasteiger partial charge is 2.00 e. The van der Waals surface area contributed by atoms with Gasteiger partial charge in [-0.25, -0.2) is 12.1 Å². The summed E-state index contributed by atoms with van der Waals surface area (Å²) in [5, 5.41) is 9.04. The Morgan fingerprint density at radius 2 is 1.50 bits per heavy atom. The van der Waals surface area contributed by atoms with E-state index in [1.54, 1.807) is 0 Å². The minimum absolute atomic E-state index is 0. The van der Waals surface area contributed by atoms with Crippen LogP contribution >= 0.6 is 11.6 Å². The van der Waals surface area contributed by atoms with E-state index in [1.165, 1.54) is 0 Å². The maximum atomic E-state index is 6.17. The summed E-state index contributed by atoms with van der Waals surface area (Å²) in [5.41, 5.74) is 3.72. The molecule has 0 saturated carbocycles. The molecular weight excluding hydrogens is 384 g/mol. The summed E-state index contributed by atoms with van der Waals surface area (Å²) in [6.45, 7) is 0. The molecule has 0 bridgehead atoms. The van der Waals surface area contributed by atoms with Crippen molar-refractivity contribution in [3.05, 3.63) is 108 Å². The molecule has 0 fully saturated rings. The third-order valence-corrected chi connectivity index (χ3v) is 3.85. The molecule has 0 heterocycles. The Morgan fingerprint density at radius 3 is 2.12 bits per heavy atom. The molecule has 2 nitrogen and oxygen atoms in total. The summed E-state index contributed by atoms with van der Waals surface area (Å²) in [6.07, 6.45) is 0. The third-order valence-electron chi connectivity index (χ3n) is 3.53. The fourth-order valence-corrected chi connectivity index (χ4v) is 2.42. The van der Waals surface area contributed by atoms with Crippen molar-refractivity contribution in [3.63, 3.8) is 0 Å². The Labute approximate surface area is 169 Å². The van der Waals surface area contributed by atoms with Gasteiger partial charge in [0.25, 0.3) is 0 Å². The van der Waals surface area contributed by atoms with E-state index in [0.717, 1.165) is 16.8 Å². The van der Waals surface area contributed by atoms with Crippen LogP contribution in [0.3, 0.4) is 0 Å². The van der Waals surface area contributed by atoms with Gasteiger partial charge in [0, 0.05) is 0 Å². The number of benzene rings is 2. The van der Waals surface area contributed by atoms with Gasteiger partial charge in [-0.2, -0.15) is 47.1 Å². The molecule has 4 aromatic rings. The molecular formula is C22H17ClFeN2. The summed E-state index contributed by atoms with van der Waals surface area (Å²) < 4.78 is 0. The Hall–Kier alpha value is -2.45. The van der Waals surface area contributed by atoms with Gasteiger partial charge in [0.1, 0.15) is 0 Å². The molecule has 0 aliphatic rings. The molecule has 4 heteroatoms. The van der Waals surface area contributed by atoms with Crippen molar-refractivity contribution >= 4 is 23.0 Å². The van der Waals surface area contributed by atoms with E-state index in [2.05, 4.69) is 22.4 Å².